The summed E-state index contributed by atoms with van der Waals surface area (Å²) in [5.41, 5.74) is 0. The first kappa shape index (κ1) is 1.17. The minimum absolute atomic E-state index is 0.139. The molecule has 0 fully saturated rings. The Morgan fingerprint density at radius 3 is 2.20 bits per heavy atom. The zero-order valence-corrected chi connectivity index (χ0v) is 2.56. The van der Waals surface area contributed by atoms with E-state index in [0.29, 0.717) is 0 Å². The van der Waals surface area contributed by atoms with Crippen LogP contribution in [0, 0.1) is 0 Å². The second-order valence-corrected chi connectivity index (χ2v) is 0.660. The predicted molar refractivity (Wildman–Crippen MR) is 18.7 cm³/mol. The summed E-state index contributed by atoms with van der Waals surface area (Å²) in [5, 5.41) is 0. The van der Waals surface area contributed by atoms with E-state index < -0.39 is 0 Å². The Balaban J connectivity index is 3.12. The van der Waals surface area contributed by atoms with Crippen molar-refractivity contribution in [3.63, 3.8) is 0 Å². The average molecular weight is 70.1 g/mol. The molecule has 1 aromatic rings. The summed E-state index contributed by atoms with van der Waals surface area (Å²) in [6.45, 7) is 0. The second kappa shape index (κ2) is 0.931. The third-order valence-corrected chi connectivity index (χ3v) is 0.337. The molecule has 0 saturated heterocycles. The molecule has 0 bridgehead atoms. The summed E-state index contributed by atoms with van der Waals surface area (Å²) in [4.78, 5) is 0. The van der Waals surface area contributed by atoms with E-state index in [2.05, 4.69) is 4.42 Å². The summed E-state index contributed by atoms with van der Waals surface area (Å²) in [6, 6.07) is 0.278. The fourth-order valence-electron chi connectivity index (χ4n) is 0.170. The zero-order chi connectivity index (χ0) is 5.28. The standard InChI is InChI=1S/C4H4O/c1-2-4-5-3-1/h1-4H/i1D,2D. The van der Waals surface area contributed by atoms with Crippen molar-refractivity contribution >= 4 is 0 Å². The van der Waals surface area contributed by atoms with Crippen molar-refractivity contribution in [2.24, 2.45) is 0 Å². The highest BCUT2D eigenvalue weighted by Crippen LogP contribution is 1.79. The molecule has 0 saturated carbocycles. The van der Waals surface area contributed by atoms with Crippen LogP contribution < -0.4 is 0 Å². The second-order valence-electron chi connectivity index (χ2n) is 0.660. The Bertz CT molecular complexity index is 142. The molecular weight excluding hydrogens is 64.0 g/mol. The lowest BCUT2D eigenvalue weighted by Crippen LogP contribution is -1.16. The van der Waals surface area contributed by atoms with Crippen LogP contribution in [0.5, 0.6) is 0 Å². The summed E-state index contributed by atoms with van der Waals surface area (Å²) in [7, 11) is 0. The lowest BCUT2D eigenvalue weighted by molar-refractivity contribution is 0.567. The molecule has 0 unspecified atom stereocenters. The molecule has 0 aromatic carbocycles. The number of hydrogen-bond acceptors (Lipinski definition) is 1. The van der Waals surface area contributed by atoms with Gasteiger partial charge in [-0.3, -0.25) is 0 Å². The van der Waals surface area contributed by atoms with E-state index in [9.17, 15) is 0 Å². The van der Waals surface area contributed by atoms with Gasteiger partial charge in [-0.2, -0.15) is 0 Å². The molecule has 0 radical (unpaired) electrons. The maximum Gasteiger partial charge on any atom is 0.0902 e. The lowest BCUT2D eigenvalue weighted by Gasteiger charge is -1.50. The van der Waals surface area contributed by atoms with E-state index in [-0.39, 0.29) is 12.1 Å². The van der Waals surface area contributed by atoms with Crippen LogP contribution in [0.4, 0.5) is 0 Å². The van der Waals surface area contributed by atoms with E-state index in [1.54, 1.807) is 0 Å². The van der Waals surface area contributed by atoms with Gasteiger partial charge in [0.2, 0.25) is 0 Å². The van der Waals surface area contributed by atoms with Crippen LogP contribution in [0.2, 0.25) is 0 Å². The Labute approximate surface area is 33.0 Å². The molecule has 0 N–H and O–H groups in total. The smallest absolute Gasteiger partial charge is 0.0902 e. The van der Waals surface area contributed by atoms with Gasteiger partial charge in [-0.15, -0.1) is 0 Å². The minimum Gasteiger partial charge on any atom is -0.473 e. The van der Waals surface area contributed by atoms with E-state index in [0.717, 1.165) is 0 Å². The maximum absolute atomic E-state index is 6.82. The Hall–Kier alpha value is -0.720. The van der Waals surface area contributed by atoms with Crippen LogP contribution in [-0.2, 0) is 0 Å². The molecule has 5 heavy (non-hydrogen) atoms. The monoisotopic (exact) mass is 70.0 g/mol. The van der Waals surface area contributed by atoms with E-state index in [1.165, 1.54) is 12.5 Å². The van der Waals surface area contributed by atoms with Crippen molar-refractivity contribution in [3.8, 4) is 0 Å². The summed E-state index contributed by atoms with van der Waals surface area (Å²) in [5.74, 6) is 0. The Morgan fingerprint density at radius 1 is 1.40 bits per heavy atom. The normalized spacial score (nSPS) is 13.6. The third kappa shape index (κ3) is 0.293. The summed E-state index contributed by atoms with van der Waals surface area (Å²) < 4.78 is 18.1. The van der Waals surface area contributed by atoms with Gasteiger partial charge in [-0.25, -0.2) is 0 Å². The highest BCUT2D eigenvalue weighted by atomic mass is 16.3. The molecule has 0 aliphatic carbocycles. The number of hydrogen-bond donors (Lipinski definition) is 0. The van der Waals surface area contributed by atoms with Gasteiger partial charge in [-0.1, -0.05) is 0 Å². The first-order valence-corrected chi connectivity index (χ1v) is 1.30. The predicted octanol–water partition coefficient (Wildman–Crippen LogP) is 1.28. The van der Waals surface area contributed by atoms with E-state index in [1.807, 2.05) is 0 Å². The van der Waals surface area contributed by atoms with Gasteiger partial charge in [0.25, 0.3) is 0 Å². The molecule has 1 nitrogen and oxygen atoms in total. The van der Waals surface area contributed by atoms with Crippen LogP contribution in [-0.4, -0.2) is 0 Å². The van der Waals surface area contributed by atoms with Crippen molar-refractivity contribution in [2.75, 3.05) is 0 Å². The molecule has 0 spiro atoms. The van der Waals surface area contributed by atoms with Gasteiger partial charge in [0.1, 0.15) is 0 Å². The third-order valence-electron chi connectivity index (χ3n) is 0.337. The van der Waals surface area contributed by atoms with Crippen LogP contribution in [0.3, 0.4) is 0 Å². The number of rotatable bonds is 0. The molecule has 1 heterocycles. The van der Waals surface area contributed by atoms with Crippen LogP contribution in [0.15, 0.2) is 29.0 Å². The summed E-state index contributed by atoms with van der Waals surface area (Å²) >= 11 is 0. The van der Waals surface area contributed by atoms with Crippen molar-refractivity contribution < 1.29 is 7.16 Å². The highest BCUT2D eigenvalue weighted by Gasteiger charge is 1.58. The molecule has 26 valence electrons. The van der Waals surface area contributed by atoms with Crippen molar-refractivity contribution in [1.29, 1.82) is 0 Å². The van der Waals surface area contributed by atoms with Crippen molar-refractivity contribution in [1.82, 2.24) is 0 Å². The van der Waals surface area contributed by atoms with E-state index in [4.69, 9.17) is 2.74 Å². The highest BCUT2D eigenvalue weighted by molar-refractivity contribution is 4.79. The summed E-state index contributed by atoms with van der Waals surface area (Å²) in [6.07, 6.45) is 2.45. The lowest BCUT2D eigenvalue weighted by atomic mass is 10.7. The first-order valence-electron chi connectivity index (χ1n) is 2.30. The first-order chi connectivity index (χ1) is 3.30. The molecular formula is C4H4O. The van der Waals surface area contributed by atoms with Gasteiger partial charge in [0, 0.05) is 0 Å². The SMILES string of the molecule is [2H]c1cocc1[2H]. The van der Waals surface area contributed by atoms with Crippen LogP contribution >= 0.6 is 0 Å². The van der Waals surface area contributed by atoms with Gasteiger partial charge in [0.15, 0.2) is 0 Å². The van der Waals surface area contributed by atoms with Gasteiger partial charge < -0.3 is 4.42 Å². The quantitative estimate of drug-likeness (QED) is 0.448. The Morgan fingerprint density at radius 2 is 2.00 bits per heavy atom. The minimum atomic E-state index is 0.139. The molecule has 0 amide bonds. The van der Waals surface area contributed by atoms with Gasteiger partial charge >= 0.3 is 0 Å². The maximum atomic E-state index is 6.82. The van der Waals surface area contributed by atoms with Crippen LogP contribution in [0.25, 0.3) is 0 Å². The Kier molecular flexibility index (Phi) is 0.217. The largest absolute Gasteiger partial charge is 0.473 e. The fraction of sp³-hybridized carbons (Fsp3) is 0. The molecule has 1 aromatic heterocycles. The molecule has 0 atom stereocenters. The molecule has 1 heteroatoms. The topological polar surface area (TPSA) is 13.1 Å². The van der Waals surface area contributed by atoms with Crippen LogP contribution in [0.1, 0.15) is 2.74 Å². The zero-order valence-electron chi connectivity index (χ0n) is 4.56. The van der Waals surface area contributed by atoms with E-state index >= 15 is 0 Å². The average Bonchev–Trinajstić information content (AvgIpc) is 1.91. The molecule has 0 aliphatic rings. The van der Waals surface area contributed by atoms with Crippen molar-refractivity contribution in [3.05, 3.63) is 24.6 Å². The molecule has 1 rings (SSSR count). The van der Waals surface area contributed by atoms with Crippen molar-refractivity contribution in [2.45, 2.75) is 0 Å². The van der Waals surface area contributed by atoms with Gasteiger partial charge in [0.05, 0.1) is 15.3 Å². The fourth-order valence-corrected chi connectivity index (χ4v) is 0.170. The van der Waals surface area contributed by atoms with Gasteiger partial charge in [-0.05, 0) is 12.1 Å². The number of furan rings is 1. The molecule has 0 aliphatic heterocycles.